The Bertz CT molecular complexity index is 148. The molecular formula is C9H18N2. The average Bonchev–Trinajstić information content (AvgIpc) is 2.21. The molecule has 0 heterocycles. The van der Waals surface area contributed by atoms with E-state index in [1.807, 2.05) is 0 Å². The van der Waals surface area contributed by atoms with Crippen molar-refractivity contribution in [3.63, 3.8) is 0 Å². The van der Waals surface area contributed by atoms with Crippen LogP contribution in [0.25, 0.3) is 0 Å². The first-order valence-corrected chi connectivity index (χ1v) is 4.74. The van der Waals surface area contributed by atoms with Crippen LogP contribution in [0.3, 0.4) is 0 Å². The molecule has 3 saturated carbocycles. The van der Waals surface area contributed by atoms with Gasteiger partial charge >= 0.3 is 0 Å². The van der Waals surface area contributed by atoms with Crippen molar-refractivity contribution in [1.82, 2.24) is 0 Å². The maximum absolute atomic E-state index is 6.20. The van der Waals surface area contributed by atoms with Crippen molar-refractivity contribution in [1.29, 1.82) is 0 Å². The molecule has 0 aromatic heterocycles. The van der Waals surface area contributed by atoms with Crippen LogP contribution in [-0.2, 0) is 0 Å². The number of fused-ring (bicyclic) bond motifs is 4. The Balaban J connectivity index is 2.14. The Morgan fingerprint density at radius 1 is 1.00 bits per heavy atom. The van der Waals surface area contributed by atoms with Crippen LogP contribution in [-0.4, -0.2) is 11.6 Å². The first-order chi connectivity index (χ1) is 5.20. The molecule has 2 nitrogen and oxygen atoms in total. The lowest BCUT2D eigenvalue weighted by Crippen LogP contribution is -2.41. The van der Waals surface area contributed by atoms with Crippen LogP contribution in [0.5, 0.6) is 0 Å². The summed E-state index contributed by atoms with van der Waals surface area (Å²) in [5.41, 5.74) is 12.4. The van der Waals surface area contributed by atoms with Gasteiger partial charge in [0.05, 0.1) is 0 Å². The highest BCUT2D eigenvalue weighted by molar-refractivity contribution is 4.96. The summed E-state index contributed by atoms with van der Waals surface area (Å²) in [5.74, 6) is 0.786. The Morgan fingerprint density at radius 2 is 1.55 bits per heavy atom. The quantitative estimate of drug-likeness (QED) is 0.547. The van der Waals surface area contributed by atoms with Crippen molar-refractivity contribution in [3.8, 4) is 0 Å². The standard InChI is InChI=1S/C9H18N2/c10-8-3-6-9(11)4-1-7(8)2-5-9/h7-8H,1-6,10-11H2. The summed E-state index contributed by atoms with van der Waals surface area (Å²) >= 11 is 0. The molecule has 2 bridgehead atoms. The molecule has 64 valence electrons. The van der Waals surface area contributed by atoms with Crippen LogP contribution in [0.15, 0.2) is 0 Å². The summed E-state index contributed by atoms with van der Waals surface area (Å²) in [7, 11) is 0. The number of nitrogens with two attached hydrogens (primary N) is 2. The predicted molar refractivity (Wildman–Crippen MR) is 46.1 cm³/mol. The van der Waals surface area contributed by atoms with Crippen molar-refractivity contribution in [2.45, 2.75) is 50.1 Å². The third-order valence-corrected chi connectivity index (χ3v) is 3.61. The van der Waals surface area contributed by atoms with E-state index in [2.05, 4.69) is 0 Å². The van der Waals surface area contributed by atoms with Gasteiger partial charge in [-0.25, -0.2) is 0 Å². The van der Waals surface area contributed by atoms with E-state index < -0.39 is 0 Å². The van der Waals surface area contributed by atoms with E-state index in [0.717, 1.165) is 18.8 Å². The molecule has 4 N–H and O–H groups in total. The van der Waals surface area contributed by atoms with Gasteiger partial charge in [-0.2, -0.15) is 0 Å². The molecule has 0 aromatic rings. The molecule has 2 heteroatoms. The highest BCUT2D eigenvalue weighted by atomic mass is 14.8. The maximum atomic E-state index is 6.20. The summed E-state index contributed by atoms with van der Waals surface area (Å²) in [6.07, 6.45) is 7.29. The van der Waals surface area contributed by atoms with Crippen molar-refractivity contribution >= 4 is 0 Å². The van der Waals surface area contributed by atoms with Crippen LogP contribution in [0.1, 0.15) is 38.5 Å². The maximum Gasteiger partial charge on any atom is 0.0155 e. The van der Waals surface area contributed by atoms with Crippen LogP contribution < -0.4 is 11.5 Å². The SMILES string of the molecule is NC1CCC2(N)CCC1CC2. The molecule has 0 aliphatic heterocycles. The third-order valence-electron chi connectivity index (χ3n) is 3.61. The first kappa shape index (κ1) is 7.56. The molecule has 1 atom stereocenters. The van der Waals surface area contributed by atoms with Crippen LogP contribution in [0, 0.1) is 5.92 Å². The van der Waals surface area contributed by atoms with E-state index in [1.165, 1.54) is 25.7 Å². The Kier molecular flexibility index (Phi) is 1.69. The first-order valence-electron chi connectivity index (χ1n) is 4.74. The smallest absolute Gasteiger partial charge is 0.0155 e. The summed E-state index contributed by atoms with van der Waals surface area (Å²) in [6.45, 7) is 0. The summed E-state index contributed by atoms with van der Waals surface area (Å²) in [6, 6.07) is 0.447. The van der Waals surface area contributed by atoms with Gasteiger partial charge in [-0.1, -0.05) is 0 Å². The van der Waals surface area contributed by atoms with Crippen molar-refractivity contribution in [2.24, 2.45) is 17.4 Å². The normalized spacial score (nSPS) is 50.7. The molecule has 3 aliphatic carbocycles. The Hall–Kier alpha value is -0.0800. The Morgan fingerprint density at radius 3 is 2.18 bits per heavy atom. The van der Waals surface area contributed by atoms with Gasteiger partial charge in [0.15, 0.2) is 0 Å². The molecule has 1 unspecified atom stereocenters. The van der Waals surface area contributed by atoms with E-state index in [9.17, 15) is 0 Å². The number of hydrogen-bond acceptors (Lipinski definition) is 2. The molecular weight excluding hydrogens is 136 g/mol. The zero-order chi connectivity index (χ0) is 7.90. The molecule has 0 saturated heterocycles. The minimum absolute atomic E-state index is 0.171. The molecule has 11 heavy (non-hydrogen) atoms. The highest BCUT2D eigenvalue weighted by Gasteiger charge is 2.37. The second kappa shape index (κ2) is 2.46. The van der Waals surface area contributed by atoms with Gasteiger partial charge in [0.25, 0.3) is 0 Å². The third kappa shape index (κ3) is 1.30. The monoisotopic (exact) mass is 154 g/mol. The fraction of sp³-hybridized carbons (Fsp3) is 1.00. The fourth-order valence-corrected chi connectivity index (χ4v) is 2.58. The average molecular weight is 154 g/mol. The summed E-state index contributed by atoms with van der Waals surface area (Å²) in [4.78, 5) is 0. The van der Waals surface area contributed by atoms with Gasteiger partial charge in [-0.05, 0) is 44.4 Å². The fourth-order valence-electron chi connectivity index (χ4n) is 2.58. The van der Waals surface area contributed by atoms with Gasteiger partial charge in [0.2, 0.25) is 0 Å². The number of rotatable bonds is 0. The van der Waals surface area contributed by atoms with Crippen LogP contribution >= 0.6 is 0 Å². The van der Waals surface area contributed by atoms with E-state index >= 15 is 0 Å². The van der Waals surface area contributed by atoms with Crippen LogP contribution in [0.2, 0.25) is 0 Å². The molecule has 3 rings (SSSR count). The lowest BCUT2D eigenvalue weighted by molar-refractivity contribution is 0.255. The van der Waals surface area contributed by atoms with Crippen LogP contribution in [0.4, 0.5) is 0 Å². The topological polar surface area (TPSA) is 52.0 Å². The van der Waals surface area contributed by atoms with Crippen molar-refractivity contribution in [2.75, 3.05) is 0 Å². The van der Waals surface area contributed by atoms with E-state index in [-0.39, 0.29) is 5.54 Å². The van der Waals surface area contributed by atoms with Gasteiger partial charge in [-0.15, -0.1) is 0 Å². The van der Waals surface area contributed by atoms with Crippen molar-refractivity contribution < 1.29 is 0 Å². The lowest BCUT2D eigenvalue weighted by Gasteiger charge is -2.33. The van der Waals surface area contributed by atoms with Gasteiger partial charge < -0.3 is 11.5 Å². The van der Waals surface area contributed by atoms with Gasteiger partial charge in [0, 0.05) is 11.6 Å². The highest BCUT2D eigenvalue weighted by Crippen LogP contribution is 2.39. The minimum atomic E-state index is 0.171. The Labute approximate surface area is 68.3 Å². The molecule has 3 aliphatic rings. The van der Waals surface area contributed by atoms with E-state index in [1.54, 1.807) is 0 Å². The largest absolute Gasteiger partial charge is 0.327 e. The lowest BCUT2D eigenvalue weighted by atomic mass is 9.78. The zero-order valence-corrected chi connectivity index (χ0v) is 7.05. The second-order valence-corrected chi connectivity index (χ2v) is 4.40. The molecule has 0 radical (unpaired) electrons. The van der Waals surface area contributed by atoms with E-state index in [0.29, 0.717) is 6.04 Å². The molecule has 0 aromatic carbocycles. The second-order valence-electron chi connectivity index (χ2n) is 4.40. The summed E-state index contributed by atoms with van der Waals surface area (Å²) < 4.78 is 0. The van der Waals surface area contributed by atoms with Gasteiger partial charge in [-0.3, -0.25) is 0 Å². The summed E-state index contributed by atoms with van der Waals surface area (Å²) in [5, 5.41) is 0. The zero-order valence-electron chi connectivity index (χ0n) is 7.05. The predicted octanol–water partition coefficient (Wildman–Crippen LogP) is 0.995. The van der Waals surface area contributed by atoms with Crippen molar-refractivity contribution in [3.05, 3.63) is 0 Å². The van der Waals surface area contributed by atoms with Gasteiger partial charge in [0.1, 0.15) is 0 Å². The number of hydrogen-bond donors (Lipinski definition) is 2. The van der Waals surface area contributed by atoms with E-state index in [4.69, 9.17) is 11.5 Å². The molecule has 0 spiro atoms. The molecule has 3 fully saturated rings. The molecule has 0 amide bonds. The minimum Gasteiger partial charge on any atom is -0.327 e.